The van der Waals surface area contributed by atoms with Crippen LogP contribution >= 0.6 is 0 Å². The van der Waals surface area contributed by atoms with Gasteiger partial charge in [0.05, 0.1) is 25.4 Å². The second-order valence-electron chi connectivity index (χ2n) is 6.12. The van der Waals surface area contributed by atoms with E-state index in [1.807, 2.05) is 19.1 Å². The smallest absolute Gasteiger partial charge is 0.162 e. The average Bonchev–Trinajstić information content (AvgIpc) is 2.59. The van der Waals surface area contributed by atoms with Crippen LogP contribution in [0.2, 0.25) is 0 Å². The predicted octanol–water partition coefficient (Wildman–Crippen LogP) is 4.75. The zero-order chi connectivity index (χ0) is 17.3. The number of fused-ring (bicyclic) bond motifs is 1. The Morgan fingerprint density at radius 2 is 1.50 bits per heavy atom. The van der Waals surface area contributed by atoms with Gasteiger partial charge in [0, 0.05) is 17.0 Å². The second kappa shape index (κ2) is 6.48. The molecule has 4 heteroatoms. The highest BCUT2D eigenvalue weighted by molar-refractivity contribution is 5.94. The average molecular weight is 322 g/mol. The molecule has 0 unspecified atom stereocenters. The van der Waals surface area contributed by atoms with Gasteiger partial charge in [0.1, 0.15) is 5.82 Å². The minimum atomic E-state index is 0.507. The van der Waals surface area contributed by atoms with E-state index in [1.54, 1.807) is 14.2 Å². The summed E-state index contributed by atoms with van der Waals surface area (Å²) in [6.45, 7) is 6.29. The van der Waals surface area contributed by atoms with E-state index in [0.717, 1.165) is 28.0 Å². The van der Waals surface area contributed by atoms with Crippen molar-refractivity contribution in [1.82, 2.24) is 9.97 Å². The minimum absolute atomic E-state index is 0.507. The van der Waals surface area contributed by atoms with Crippen molar-refractivity contribution in [3.8, 4) is 22.8 Å². The number of hydrogen-bond acceptors (Lipinski definition) is 4. The molecule has 0 atom stereocenters. The fourth-order valence-corrected chi connectivity index (χ4v) is 2.82. The Labute approximate surface area is 142 Å². The molecule has 0 radical (unpaired) electrons. The summed E-state index contributed by atoms with van der Waals surface area (Å²) in [6, 6.07) is 12.4. The van der Waals surface area contributed by atoms with E-state index in [4.69, 9.17) is 9.47 Å². The number of rotatable bonds is 4. The second-order valence-corrected chi connectivity index (χ2v) is 6.12. The van der Waals surface area contributed by atoms with Crippen LogP contribution in [0.25, 0.3) is 22.2 Å². The minimum Gasteiger partial charge on any atom is -0.493 e. The Bertz CT molecular complexity index is 871. The van der Waals surface area contributed by atoms with Gasteiger partial charge in [-0.2, -0.15) is 0 Å². The van der Waals surface area contributed by atoms with Gasteiger partial charge >= 0.3 is 0 Å². The van der Waals surface area contributed by atoms with Crippen molar-refractivity contribution >= 4 is 10.9 Å². The number of benzene rings is 2. The van der Waals surface area contributed by atoms with Gasteiger partial charge in [-0.25, -0.2) is 9.97 Å². The maximum atomic E-state index is 5.44. The quantitative estimate of drug-likeness (QED) is 0.695. The summed E-state index contributed by atoms with van der Waals surface area (Å²) in [6.07, 6.45) is 0. The molecule has 0 spiro atoms. The highest BCUT2D eigenvalue weighted by Gasteiger charge is 2.13. The number of aryl methyl sites for hydroxylation is 1. The topological polar surface area (TPSA) is 44.2 Å². The van der Waals surface area contributed by atoms with E-state index in [2.05, 4.69) is 48.1 Å². The molecule has 0 fully saturated rings. The Hall–Kier alpha value is -2.62. The molecule has 0 bridgehead atoms. The maximum Gasteiger partial charge on any atom is 0.162 e. The molecule has 3 aromatic rings. The molecule has 24 heavy (non-hydrogen) atoms. The fraction of sp³-hybridized carbons (Fsp3) is 0.300. The summed E-state index contributed by atoms with van der Waals surface area (Å²) in [4.78, 5) is 9.21. The molecule has 0 saturated carbocycles. The van der Waals surface area contributed by atoms with E-state index >= 15 is 0 Å². The van der Waals surface area contributed by atoms with Crippen molar-refractivity contribution in [2.24, 2.45) is 0 Å². The first-order valence-electron chi connectivity index (χ1n) is 8.04. The molecule has 1 aromatic heterocycles. The third kappa shape index (κ3) is 2.92. The van der Waals surface area contributed by atoms with Crippen molar-refractivity contribution in [3.63, 3.8) is 0 Å². The molecule has 1 heterocycles. The first-order valence-corrected chi connectivity index (χ1v) is 8.04. The molecule has 0 N–H and O–H groups in total. The molecule has 0 amide bonds. The van der Waals surface area contributed by atoms with Gasteiger partial charge in [0.15, 0.2) is 11.5 Å². The van der Waals surface area contributed by atoms with Crippen LogP contribution in [0.15, 0.2) is 36.4 Å². The van der Waals surface area contributed by atoms with Crippen LogP contribution in [0, 0.1) is 6.92 Å². The number of nitrogens with zero attached hydrogens (tertiary/aromatic N) is 2. The molecule has 4 nitrogen and oxygen atoms in total. The van der Waals surface area contributed by atoms with Crippen molar-refractivity contribution in [2.45, 2.75) is 26.7 Å². The lowest BCUT2D eigenvalue weighted by atomic mass is 9.99. The number of methoxy groups -OCH3 is 2. The standard InChI is InChI=1S/C20H22N2O2/c1-12(2)14-6-8-15(9-7-14)20-16-10-18(23-4)19(24-5)11-17(16)21-13(3)22-20/h6-12H,1-5H3. The van der Waals surface area contributed by atoms with Crippen LogP contribution < -0.4 is 9.47 Å². The van der Waals surface area contributed by atoms with Crippen LogP contribution in [0.1, 0.15) is 31.2 Å². The van der Waals surface area contributed by atoms with Gasteiger partial charge in [-0.05, 0) is 24.5 Å². The number of aromatic nitrogens is 2. The highest BCUT2D eigenvalue weighted by atomic mass is 16.5. The predicted molar refractivity (Wildman–Crippen MR) is 96.9 cm³/mol. The molecule has 0 aliphatic heterocycles. The van der Waals surface area contributed by atoms with Gasteiger partial charge in [-0.3, -0.25) is 0 Å². The van der Waals surface area contributed by atoms with Crippen LogP contribution in [0.3, 0.4) is 0 Å². The van der Waals surface area contributed by atoms with Crippen LogP contribution in [-0.2, 0) is 0 Å². The van der Waals surface area contributed by atoms with Crippen molar-refractivity contribution in [1.29, 1.82) is 0 Å². The van der Waals surface area contributed by atoms with Crippen LogP contribution in [-0.4, -0.2) is 24.2 Å². The molecule has 0 aliphatic rings. The summed E-state index contributed by atoms with van der Waals surface area (Å²) >= 11 is 0. The fourth-order valence-electron chi connectivity index (χ4n) is 2.82. The van der Waals surface area contributed by atoms with Gasteiger partial charge in [-0.15, -0.1) is 0 Å². The van der Waals surface area contributed by atoms with E-state index in [9.17, 15) is 0 Å². The monoisotopic (exact) mass is 322 g/mol. The summed E-state index contributed by atoms with van der Waals surface area (Å²) < 4.78 is 10.8. The van der Waals surface area contributed by atoms with Gasteiger partial charge in [0.25, 0.3) is 0 Å². The molecular formula is C20H22N2O2. The Balaban J connectivity index is 2.22. The van der Waals surface area contributed by atoms with Crippen molar-refractivity contribution in [2.75, 3.05) is 14.2 Å². The van der Waals surface area contributed by atoms with E-state index in [-0.39, 0.29) is 0 Å². The third-order valence-electron chi connectivity index (χ3n) is 4.16. The SMILES string of the molecule is COc1cc2nc(C)nc(-c3ccc(C(C)C)cc3)c2cc1OC. The zero-order valence-corrected chi connectivity index (χ0v) is 14.8. The summed E-state index contributed by atoms with van der Waals surface area (Å²) in [5.41, 5.74) is 4.15. The Morgan fingerprint density at radius 3 is 2.08 bits per heavy atom. The van der Waals surface area contributed by atoms with Gasteiger partial charge < -0.3 is 9.47 Å². The molecular weight excluding hydrogens is 300 g/mol. The Kier molecular flexibility index (Phi) is 4.38. The molecule has 0 aliphatic carbocycles. The lowest BCUT2D eigenvalue weighted by Crippen LogP contribution is -1.97. The first kappa shape index (κ1) is 16.2. The van der Waals surface area contributed by atoms with Crippen molar-refractivity contribution in [3.05, 3.63) is 47.8 Å². The summed E-state index contributed by atoms with van der Waals surface area (Å²) in [5.74, 6) is 2.59. The van der Waals surface area contributed by atoms with Crippen molar-refractivity contribution < 1.29 is 9.47 Å². The lowest BCUT2D eigenvalue weighted by molar-refractivity contribution is 0.356. The maximum absolute atomic E-state index is 5.44. The van der Waals surface area contributed by atoms with Gasteiger partial charge in [-0.1, -0.05) is 38.1 Å². The first-order chi connectivity index (χ1) is 11.5. The third-order valence-corrected chi connectivity index (χ3v) is 4.16. The number of hydrogen-bond donors (Lipinski definition) is 0. The zero-order valence-electron chi connectivity index (χ0n) is 14.8. The number of ether oxygens (including phenoxy) is 2. The molecule has 0 saturated heterocycles. The summed E-state index contributed by atoms with van der Waals surface area (Å²) in [5, 5.41) is 0.954. The molecule has 124 valence electrons. The normalized spacial score (nSPS) is 11.1. The van der Waals surface area contributed by atoms with Crippen LogP contribution in [0.5, 0.6) is 11.5 Å². The lowest BCUT2D eigenvalue weighted by Gasteiger charge is -2.13. The summed E-state index contributed by atoms with van der Waals surface area (Å²) in [7, 11) is 3.26. The van der Waals surface area contributed by atoms with E-state index in [0.29, 0.717) is 17.4 Å². The van der Waals surface area contributed by atoms with Crippen LogP contribution in [0.4, 0.5) is 0 Å². The largest absolute Gasteiger partial charge is 0.493 e. The highest BCUT2D eigenvalue weighted by Crippen LogP contribution is 2.35. The Morgan fingerprint density at radius 1 is 0.875 bits per heavy atom. The molecule has 2 aromatic carbocycles. The van der Waals surface area contributed by atoms with E-state index < -0.39 is 0 Å². The molecule has 3 rings (SSSR count). The van der Waals surface area contributed by atoms with E-state index in [1.165, 1.54) is 5.56 Å². The van der Waals surface area contributed by atoms with Gasteiger partial charge in [0.2, 0.25) is 0 Å².